The number of carbonyl (C=O) groups excluding carboxylic acids is 2. The average molecular weight is 691 g/mol. The van der Waals surface area contributed by atoms with Gasteiger partial charge in [0, 0.05) is 56.6 Å². The minimum Gasteiger partial charge on any atom is -0.457 e. The van der Waals surface area contributed by atoms with Crippen molar-refractivity contribution in [2.24, 2.45) is 11.8 Å². The number of ether oxygens (including phenoxy) is 4. The molecule has 2 bridgehead atoms. The van der Waals surface area contributed by atoms with Crippen LogP contribution in [-0.2, 0) is 23.7 Å². The van der Waals surface area contributed by atoms with Crippen molar-refractivity contribution >= 4 is 12.1 Å². The lowest BCUT2D eigenvalue weighted by Gasteiger charge is -2.39. The SMILES string of the molecule is CCC(O)C(C)C1OC1CC(C)(O)/C=C/C=C(\C)C1OC(=O)CC(O)CCC(C)(OC)C(OC(=O)N2C[C@@H]3C[C@H]2CN3C(C)C)/C=C\C1C. The van der Waals surface area contributed by atoms with Crippen LogP contribution in [0.3, 0.4) is 0 Å². The minimum atomic E-state index is -1.14. The lowest BCUT2D eigenvalue weighted by Crippen LogP contribution is -2.53. The monoisotopic (exact) mass is 690 g/mol. The number of hydrogen-bond acceptors (Lipinski definition) is 10. The highest BCUT2D eigenvalue weighted by atomic mass is 16.6. The molecule has 4 aliphatic heterocycles. The summed E-state index contributed by atoms with van der Waals surface area (Å²) in [5, 5.41) is 32.0. The van der Waals surface area contributed by atoms with Crippen LogP contribution in [0.5, 0.6) is 0 Å². The van der Waals surface area contributed by atoms with E-state index >= 15 is 0 Å². The van der Waals surface area contributed by atoms with Gasteiger partial charge in [0.2, 0.25) is 0 Å². The van der Waals surface area contributed by atoms with Crippen molar-refractivity contribution in [1.29, 1.82) is 0 Å². The first-order chi connectivity index (χ1) is 23.0. The number of likely N-dealkylation sites (tertiary alicyclic amines) is 2. The molecular formula is C38H62N2O9. The van der Waals surface area contributed by atoms with E-state index < -0.39 is 41.6 Å². The molecule has 3 N–H and O–H groups in total. The van der Waals surface area contributed by atoms with E-state index in [1.165, 1.54) is 0 Å². The second-order valence-corrected chi connectivity index (χ2v) is 15.7. The third kappa shape index (κ3) is 9.95. The minimum absolute atomic E-state index is 0.00312. The quantitative estimate of drug-likeness (QED) is 0.123. The highest BCUT2D eigenvalue weighted by molar-refractivity contribution is 5.71. The Morgan fingerprint density at radius 3 is 2.55 bits per heavy atom. The van der Waals surface area contributed by atoms with Gasteiger partial charge in [-0.15, -0.1) is 0 Å². The van der Waals surface area contributed by atoms with Crippen LogP contribution in [-0.4, -0.2) is 123 Å². The van der Waals surface area contributed by atoms with Gasteiger partial charge >= 0.3 is 12.1 Å². The molecule has 12 atom stereocenters. The molecule has 4 heterocycles. The number of allylic oxidation sites excluding steroid dienone is 2. The summed E-state index contributed by atoms with van der Waals surface area (Å²) in [6, 6.07) is 0.875. The lowest BCUT2D eigenvalue weighted by molar-refractivity contribution is -0.151. The van der Waals surface area contributed by atoms with E-state index in [4.69, 9.17) is 18.9 Å². The van der Waals surface area contributed by atoms with Crippen molar-refractivity contribution < 1.29 is 43.9 Å². The van der Waals surface area contributed by atoms with Crippen molar-refractivity contribution in [3.63, 3.8) is 0 Å². The van der Waals surface area contributed by atoms with E-state index in [1.54, 1.807) is 26.2 Å². The predicted octanol–water partition coefficient (Wildman–Crippen LogP) is 4.53. The summed E-state index contributed by atoms with van der Waals surface area (Å²) in [4.78, 5) is 30.9. The Morgan fingerprint density at radius 2 is 1.94 bits per heavy atom. The maximum atomic E-state index is 13.6. The van der Waals surface area contributed by atoms with E-state index in [9.17, 15) is 24.9 Å². The topological polar surface area (TPSA) is 142 Å². The van der Waals surface area contributed by atoms with Gasteiger partial charge in [-0.2, -0.15) is 0 Å². The van der Waals surface area contributed by atoms with Crippen LogP contribution in [0.15, 0.2) is 36.0 Å². The van der Waals surface area contributed by atoms with Crippen LogP contribution in [0, 0.1) is 11.8 Å². The fraction of sp³-hybridized carbons (Fsp3) is 0.789. The molecule has 0 aromatic rings. The summed E-state index contributed by atoms with van der Waals surface area (Å²) in [5.74, 6) is -0.830. The number of epoxide rings is 1. The molecule has 4 aliphatic rings. The van der Waals surface area contributed by atoms with Crippen LogP contribution in [0.2, 0.25) is 0 Å². The summed E-state index contributed by atoms with van der Waals surface area (Å²) in [6.07, 6.45) is 8.04. The summed E-state index contributed by atoms with van der Waals surface area (Å²) in [7, 11) is 1.57. The molecule has 0 aromatic carbocycles. The van der Waals surface area contributed by atoms with Crippen molar-refractivity contribution in [3.8, 4) is 0 Å². The first kappa shape index (κ1) is 39.5. The molecule has 278 valence electrons. The largest absolute Gasteiger partial charge is 0.457 e. The number of amides is 1. The number of esters is 1. The number of aliphatic hydroxyl groups excluding tert-OH is 2. The first-order valence-corrected chi connectivity index (χ1v) is 18.2. The zero-order valence-corrected chi connectivity index (χ0v) is 31.1. The zero-order valence-electron chi connectivity index (χ0n) is 31.1. The Balaban J connectivity index is 1.48. The Morgan fingerprint density at radius 1 is 1.22 bits per heavy atom. The highest BCUT2D eigenvalue weighted by Gasteiger charge is 2.49. The van der Waals surface area contributed by atoms with Crippen molar-refractivity contribution in [2.75, 3.05) is 20.2 Å². The Labute approximate surface area is 293 Å². The molecule has 49 heavy (non-hydrogen) atoms. The lowest BCUT2D eigenvalue weighted by atomic mass is 9.88. The van der Waals surface area contributed by atoms with Gasteiger partial charge in [-0.05, 0) is 72.0 Å². The second kappa shape index (κ2) is 16.4. The molecule has 11 heteroatoms. The summed E-state index contributed by atoms with van der Waals surface area (Å²) in [6.45, 7) is 17.1. The highest BCUT2D eigenvalue weighted by Crippen LogP contribution is 2.38. The maximum Gasteiger partial charge on any atom is 0.410 e. The average Bonchev–Trinajstić information content (AvgIpc) is 3.46. The smallest absolute Gasteiger partial charge is 0.410 e. The summed E-state index contributed by atoms with van der Waals surface area (Å²) in [5.41, 5.74) is -1.34. The zero-order chi connectivity index (χ0) is 36.3. The van der Waals surface area contributed by atoms with E-state index in [2.05, 4.69) is 18.7 Å². The second-order valence-electron chi connectivity index (χ2n) is 15.7. The molecule has 0 aromatic heterocycles. The van der Waals surface area contributed by atoms with Gasteiger partial charge in [0.25, 0.3) is 0 Å². The number of nitrogens with zero attached hydrogens (tertiary/aromatic N) is 2. The molecule has 0 saturated carbocycles. The van der Waals surface area contributed by atoms with Crippen LogP contribution in [0.25, 0.3) is 0 Å². The number of fused-ring (bicyclic) bond motifs is 2. The number of piperazine rings is 1. The van der Waals surface area contributed by atoms with Crippen LogP contribution in [0.4, 0.5) is 4.79 Å². The van der Waals surface area contributed by atoms with Gasteiger partial charge in [-0.25, -0.2) is 4.79 Å². The Hall–Kier alpha value is -2.28. The van der Waals surface area contributed by atoms with Crippen molar-refractivity contribution in [3.05, 3.63) is 36.0 Å². The van der Waals surface area contributed by atoms with Gasteiger partial charge in [0.05, 0.1) is 36.4 Å². The first-order valence-electron chi connectivity index (χ1n) is 18.2. The maximum absolute atomic E-state index is 13.6. The normalized spacial score (nSPS) is 37.7. The Bertz CT molecular complexity index is 1230. The van der Waals surface area contributed by atoms with E-state index in [0.717, 1.165) is 18.5 Å². The van der Waals surface area contributed by atoms with Gasteiger partial charge in [0.1, 0.15) is 11.7 Å². The molecule has 0 aliphatic carbocycles. The van der Waals surface area contributed by atoms with Gasteiger partial charge in [0.15, 0.2) is 6.10 Å². The fourth-order valence-electron chi connectivity index (χ4n) is 7.74. The number of cyclic esters (lactones) is 1. The van der Waals surface area contributed by atoms with Crippen molar-refractivity contribution in [1.82, 2.24) is 9.80 Å². The van der Waals surface area contributed by atoms with E-state index in [-0.39, 0.29) is 49.0 Å². The standard InChI is InChI=1S/C38H62N2O9/c1-10-30(42)26(6)35-31(47-35)20-37(7,45)16-11-12-24(4)34-25(5)13-14-32(38(8,46-9)17-15-29(41)19-33(43)49-34)48-36(44)40-22-27-18-28(40)21-39(27)23(2)3/h11-14,16,23,25-32,34-35,41-42,45H,10,15,17-22H2,1-9H3/b14-13-,16-11+,24-12+/t25?,26?,27-,28-,29?,30?,31?,32?,34?,35?,37?,38?/m0/s1. The van der Waals surface area contributed by atoms with E-state index in [0.29, 0.717) is 37.9 Å². The number of aliphatic hydroxyl groups is 3. The van der Waals surface area contributed by atoms with Gasteiger partial charge in [-0.3, -0.25) is 9.69 Å². The molecule has 3 saturated heterocycles. The number of rotatable bonds is 11. The summed E-state index contributed by atoms with van der Waals surface area (Å²) >= 11 is 0. The number of hydrogen-bond donors (Lipinski definition) is 3. The van der Waals surface area contributed by atoms with Crippen LogP contribution >= 0.6 is 0 Å². The van der Waals surface area contributed by atoms with E-state index in [1.807, 2.05) is 57.7 Å². The summed E-state index contributed by atoms with van der Waals surface area (Å²) < 4.78 is 23.9. The van der Waals surface area contributed by atoms with Crippen LogP contribution in [0.1, 0.15) is 93.9 Å². The molecule has 1 amide bonds. The number of carbonyl (C=O) groups is 2. The molecule has 0 spiro atoms. The molecule has 11 nitrogen and oxygen atoms in total. The molecule has 10 unspecified atom stereocenters. The molecule has 4 rings (SSSR count). The third-order valence-electron chi connectivity index (χ3n) is 11.2. The van der Waals surface area contributed by atoms with Crippen LogP contribution < -0.4 is 0 Å². The van der Waals surface area contributed by atoms with Gasteiger partial charge < -0.3 is 39.2 Å². The Kier molecular flexibility index (Phi) is 13.2. The molecular weight excluding hydrogens is 628 g/mol. The van der Waals surface area contributed by atoms with Gasteiger partial charge in [-0.1, -0.05) is 45.1 Å². The third-order valence-corrected chi connectivity index (χ3v) is 11.2. The number of methoxy groups -OCH3 is 1. The van der Waals surface area contributed by atoms with Crippen molar-refractivity contribution in [2.45, 2.75) is 160 Å². The predicted molar refractivity (Wildman–Crippen MR) is 187 cm³/mol. The molecule has 3 fully saturated rings. The molecule has 0 radical (unpaired) electrons. The fourth-order valence-corrected chi connectivity index (χ4v) is 7.74.